The highest BCUT2D eigenvalue weighted by Crippen LogP contribution is 2.34. The second kappa shape index (κ2) is 8.98. The van der Waals surface area contributed by atoms with E-state index in [2.05, 4.69) is 14.9 Å². The molecule has 0 saturated heterocycles. The Bertz CT molecular complexity index is 850. The minimum Gasteiger partial charge on any atom is -0.349 e. The summed E-state index contributed by atoms with van der Waals surface area (Å²) < 4.78 is 18.6. The van der Waals surface area contributed by atoms with Gasteiger partial charge in [-0.25, -0.2) is 4.39 Å². The van der Waals surface area contributed by atoms with Crippen molar-refractivity contribution < 1.29 is 14.0 Å². The molecule has 2 aromatic rings. The van der Waals surface area contributed by atoms with Crippen LogP contribution in [0.3, 0.4) is 0 Å². The molecule has 0 aliphatic heterocycles. The zero-order chi connectivity index (χ0) is 21.0. The summed E-state index contributed by atoms with van der Waals surface area (Å²) in [5.41, 5.74) is -0.0983. The number of carbonyl (C=O) groups excluding carboxylic acids is 2. The number of carbonyl (C=O) groups is 2. The third-order valence-electron chi connectivity index (χ3n) is 5.60. The number of benzene rings is 1. The fourth-order valence-corrected chi connectivity index (χ4v) is 4.10. The van der Waals surface area contributed by atoms with E-state index in [0.29, 0.717) is 6.42 Å². The minimum absolute atomic E-state index is 0.149. The lowest BCUT2D eigenvalue weighted by atomic mass is 9.97. The highest BCUT2D eigenvalue weighted by Gasteiger charge is 2.41. The van der Waals surface area contributed by atoms with E-state index in [9.17, 15) is 14.0 Å². The molecule has 1 atom stereocenters. The van der Waals surface area contributed by atoms with Crippen LogP contribution in [-0.2, 0) is 4.79 Å². The lowest BCUT2D eigenvalue weighted by molar-refractivity contribution is -0.128. The maximum Gasteiger partial charge on any atom is 0.276 e. The van der Waals surface area contributed by atoms with E-state index in [4.69, 9.17) is 0 Å². The van der Waals surface area contributed by atoms with Crippen LogP contribution in [0.2, 0.25) is 0 Å². The molecule has 1 unspecified atom stereocenters. The van der Waals surface area contributed by atoms with Crippen molar-refractivity contribution in [2.24, 2.45) is 0 Å². The third-order valence-corrected chi connectivity index (χ3v) is 6.11. The molecule has 6 nitrogen and oxygen atoms in total. The molecule has 29 heavy (non-hydrogen) atoms. The molecule has 2 amide bonds. The summed E-state index contributed by atoms with van der Waals surface area (Å²) in [6.45, 7) is 5.80. The maximum atomic E-state index is 14.8. The lowest BCUT2D eigenvalue weighted by Gasteiger charge is -2.37. The first-order valence-corrected chi connectivity index (χ1v) is 10.8. The number of nitrogens with one attached hydrogen (secondary N) is 1. The summed E-state index contributed by atoms with van der Waals surface area (Å²) in [6, 6.07) is 4.94. The first kappa shape index (κ1) is 21.4. The molecule has 0 radical (unpaired) electrons. The van der Waals surface area contributed by atoms with Gasteiger partial charge in [0, 0.05) is 22.5 Å². The average molecular weight is 419 g/mol. The molecule has 1 heterocycles. The number of hydrogen-bond acceptors (Lipinski definition) is 5. The Morgan fingerprint density at radius 2 is 2.00 bits per heavy atom. The highest BCUT2D eigenvalue weighted by molar-refractivity contribution is 7.03. The van der Waals surface area contributed by atoms with Crippen LogP contribution in [0.25, 0.3) is 0 Å². The van der Waals surface area contributed by atoms with Gasteiger partial charge in [0.1, 0.15) is 11.9 Å². The number of amides is 2. The predicted octanol–water partition coefficient (Wildman–Crippen LogP) is 4.11. The van der Waals surface area contributed by atoms with Crippen LogP contribution in [0.15, 0.2) is 29.6 Å². The zero-order valence-corrected chi connectivity index (χ0v) is 17.8. The van der Waals surface area contributed by atoms with Gasteiger partial charge in [0.25, 0.3) is 5.91 Å². The van der Waals surface area contributed by atoms with E-state index in [1.54, 1.807) is 23.6 Å². The van der Waals surface area contributed by atoms with Gasteiger partial charge in [-0.2, -0.15) is 0 Å². The molecule has 1 aromatic heterocycles. The Labute approximate surface area is 174 Å². The normalized spacial score (nSPS) is 15.9. The second-order valence-electron chi connectivity index (χ2n) is 8.09. The van der Waals surface area contributed by atoms with Crippen LogP contribution < -0.4 is 5.32 Å². The Kier molecular flexibility index (Phi) is 6.62. The number of halogens is 1. The van der Waals surface area contributed by atoms with Gasteiger partial charge in [0.05, 0.1) is 0 Å². The van der Waals surface area contributed by atoms with E-state index >= 15 is 0 Å². The Morgan fingerprint density at radius 1 is 1.31 bits per heavy atom. The van der Waals surface area contributed by atoms with Gasteiger partial charge in [-0.1, -0.05) is 42.5 Å². The van der Waals surface area contributed by atoms with Crippen LogP contribution in [-0.4, -0.2) is 37.9 Å². The molecule has 1 fully saturated rings. The fraction of sp³-hybridized carbons (Fsp3) is 0.524. The van der Waals surface area contributed by atoms with Crippen LogP contribution in [0, 0.1) is 5.82 Å². The summed E-state index contributed by atoms with van der Waals surface area (Å²) in [5.74, 6) is -1.28. The van der Waals surface area contributed by atoms with Gasteiger partial charge in [-0.05, 0) is 50.7 Å². The largest absolute Gasteiger partial charge is 0.349 e. The van der Waals surface area contributed by atoms with Gasteiger partial charge in [0.15, 0.2) is 5.69 Å². The van der Waals surface area contributed by atoms with Gasteiger partial charge in [-0.3, -0.25) is 9.59 Å². The first-order chi connectivity index (χ1) is 13.8. The fourth-order valence-electron chi connectivity index (χ4n) is 3.67. The topological polar surface area (TPSA) is 75.2 Å². The molecule has 1 N–H and O–H groups in total. The lowest BCUT2D eigenvalue weighted by Crippen LogP contribution is -2.52. The van der Waals surface area contributed by atoms with Crippen molar-refractivity contribution in [3.63, 3.8) is 0 Å². The third kappa shape index (κ3) is 4.80. The Morgan fingerprint density at radius 3 is 2.59 bits per heavy atom. The molecule has 1 aromatic carbocycles. The molecule has 0 spiro atoms. The smallest absolute Gasteiger partial charge is 0.276 e. The molecular weight excluding hydrogens is 391 g/mol. The average Bonchev–Trinajstić information content (AvgIpc) is 3.40. The second-order valence-corrected chi connectivity index (χ2v) is 8.70. The van der Waals surface area contributed by atoms with E-state index in [1.807, 2.05) is 20.8 Å². The van der Waals surface area contributed by atoms with Gasteiger partial charge >= 0.3 is 0 Å². The quantitative estimate of drug-likeness (QED) is 0.734. The van der Waals surface area contributed by atoms with Crippen molar-refractivity contribution in [1.82, 2.24) is 19.8 Å². The maximum absolute atomic E-state index is 14.8. The summed E-state index contributed by atoms with van der Waals surface area (Å²) >= 11 is 1.08. The van der Waals surface area contributed by atoms with Crippen molar-refractivity contribution in [1.29, 1.82) is 0 Å². The first-order valence-electron chi connectivity index (χ1n) is 10.00. The summed E-state index contributed by atoms with van der Waals surface area (Å²) in [6.07, 6.45) is 4.19. The van der Waals surface area contributed by atoms with E-state index < -0.39 is 17.4 Å². The zero-order valence-electron chi connectivity index (χ0n) is 17.0. The molecule has 0 bridgehead atoms. The summed E-state index contributed by atoms with van der Waals surface area (Å²) in [4.78, 5) is 28.4. The molecule has 1 aliphatic carbocycles. The van der Waals surface area contributed by atoms with Crippen molar-refractivity contribution in [2.45, 2.75) is 70.5 Å². The molecule has 8 heteroatoms. The SMILES string of the molecule is CCC(C)(C)NC(=O)C(c1ccccc1F)N(C(=O)c1csnn1)C1CCCC1. The predicted molar refractivity (Wildman–Crippen MR) is 110 cm³/mol. The van der Waals surface area contributed by atoms with Gasteiger partial charge in [-0.15, -0.1) is 5.10 Å². The van der Waals surface area contributed by atoms with Crippen LogP contribution in [0.5, 0.6) is 0 Å². The summed E-state index contributed by atoms with van der Waals surface area (Å²) in [5, 5.41) is 8.48. The van der Waals surface area contributed by atoms with Gasteiger partial charge in [0.2, 0.25) is 5.91 Å². The van der Waals surface area contributed by atoms with Crippen LogP contribution in [0.4, 0.5) is 4.39 Å². The molecular formula is C21H27FN4O2S. The Hall–Kier alpha value is -2.35. The van der Waals surface area contributed by atoms with Crippen molar-refractivity contribution in [3.8, 4) is 0 Å². The molecule has 3 rings (SSSR count). The standard InChI is InChI=1S/C21H27FN4O2S/c1-4-21(2,3)23-19(27)18(15-11-7-8-12-16(15)22)26(14-9-5-6-10-14)20(28)17-13-29-25-24-17/h7-8,11-14,18H,4-6,9-10H2,1-3H3,(H,23,27). The number of rotatable bonds is 7. The Balaban J connectivity index is 2.08. The molecule has 1 aliphatic rings. The molecule has 1 saturated carbocycles. The van der Waals surface area contributed by atoms with E-state index in [0.717, 1.165) is 37.2 Å². The number of aromatic nitrogens is 2. The van der Waals surface area contributed by atoms with Crippen molar-refractivity contribution >= 4 is 23.3 Å². The monoisotopic (exact) mass is 418 g/mol. The van der Waals surface area contributed by atoms with Crippen molar-refractivity contribution in [3.05, 3.63) is 46.7 Å². The van der Waals surface area contributed by atoms with Gasteiger partial charge < -0.3 is 10.2 Å². The summed E-state index contributed by atoms with van der Waals surface area (Å²) in [7, 11) is 0. The van der Waals surface area contributed by atoms with Crippen LogP contribution >= 0.6 is 11.5 Å². The highest BCUT2D eigenvalue weighted by atomic mass is 32.1. The number of nitrogens with zero attached hydrogens (tertiary/aromatic N) is 3. The van der Waals surface area contributed by atoms with E-state index in [-0.39, 0.29) is 29.1 Å². The van der Waals surface area contributed by atoms with Crippen molar-refractivity contribution in [2.75, 3.05) is 0 Å². The van der Waals surface area contributed by atoms with Crippen LogP contribution in [0.1, 0.15) is 75.0 Å². The minimum atomic E-state index is -1.07. The van der Waals surface area contributed by atoms with E-state index in [1.165, 1.54) is 11.0 Å². The number of hydrogen-bond donors (Lipinski definition) is 1. The molecule has 156 valence electrons.